The summed E-state index contributed by atoms with van der Waals surface area (Å²) in [5, 5.41) is 7.43. The summed E-state index contributed by atoms with van der Waals surface area (Å²) >= 11 is 0. The number of nitrogens with one attached hydrogen (secondary N) is 1. The fourth-order valence-corrected chi connectivity index (χ4v) is 3.44. The SMILES string of the molecule is Cc1ccc(-c2noc(CCCCCNC3CC(CF)(CF)C3)n2)cc1. The van der Waals surface area contributed by atoms with Crippen molar-refractivity contribution in [3.63, 3.8) is 0 Å². The minimum atomic E-state index is -0.690. The monoisotopic (exact) mass is 363 g/mol. The van der Waals surface area contributed by atoms with Crippen molar-refractivity contribution in [3.8, 4) is 11.4 Å². The number of rotatable bonds is 10. The van der Waals surface area contributed by atoms with Crippen LogP contribution in [0.4, 0.5) is 8.78 Å². The summed E-state index contributed by atoms with van der Waals surface area (Å²) in [7, 11) is 0. The number of unbranched alkanes of at least 4 members (excludes halogenated alkanes) is 2. The van der Waals surface area contributed by atoms with Gasteiger partial charge < -0.3 is 9.84 Å². The van der Waals surface area contributed by atoms with Gasteiger partial charge in [-0.1, -0.05) is 41.4 Å². The Balaban J connectivity index is 1.30. The molecule has 0 amide bonds. The van der Waals surface area contributed by atoms with Crippen molar-refractivity contribution in [1.29, 1.82) is 0 Å². The molecule has 6 heteroatoms. The normalized spacial score (nSPS) is 16.6. The molecule has 142 valence electrons. The van der Waals surface area contributed by atoms with E-state index in [0.29, 0.717) is 24.6 Å². The second-order valence-corrected chi connectivity index (χ2v) is 7.51. The molecule has 4 nitrogen and oxygen atoms in total. The summed E-state index contributed by atoms with van der Waals surface area (Å²) in [5.74, 6) is 1.30. The van der Waals surface area contributed by atoms with Crippen molar-refractivity contribution >= 4 is 0 Å². The molecule has 1 aromatic carbocycles. The molecule has 2 aromatic rings. The van der Waals surface area contributed by atoms with Gasteiger partial charge in [-0.3, -0.25) is 8.78 Å². The molecule has 1 aliphatic rings. The Labute approximate surface area is 153 Å². The van der Waals surface area contributed by atoms with Crippen LogP contribution in [0.5, 0.6) is 0 Å². The average molecular weight is 363 g/mol. The summed E-state index contributed by atoms with van der Waals surface area (Å²) < 4.78 is 30.8. The van der Waals surface area contributed by atoms with Crippen molar-refractivity contribution in [2.45, 2.75) is 51.5 Å². The van der Waals surface area contributed by atoms with Gasteiger partial charge in [-0.15, -0.1) is 0 Å². The largest absolute Gasteiger partial charge is 0.339 e. The molecule has 0 radical (unpaired) electrons. The van der Waals surface area contributed by atoms with Crippen LogP contribution in [0.15, 0.2) is 28.8 Å². The summed E-state index contributed by atoms with van der Waals surface area (Å²) in [6.45, 7) is 1.84. The summed E-state index contributed by atoms with van der Waals surface area (Å²) in [5.41, 5.74) is 1.48. The molecule has 1 heterocycles. The highest BCUT2D eigenvalue weighted by Gasteiger charge is 2.44. The first-order valence-corrected chi connectivity index (χ1v) is 9.39. The predicted octanol–water partition coefficient (Wildman–Crippen LogP) is 4.44. The third-order valence-electron chi connectivity index (χ3n) is 5.20. The second kappa shape index (κ2) is 8.71. The Bertz CT molecular complexity index is 675. The number of alkyl halides is 2. The highest BCUT2D eigenvalue weighted by atomic mass is 19.1. The third kappa shape index (κ3) is 4.67. The fraction of sp³-hybridized carbons (Fsp3) is 0.600. The lowest BCUT2D eigenvalue weighted by molar-refractivity contribution is 0.0250. The third-order valence-corrected chi connectivity index (χ3v) is 5.20. The van der Waals surface area contributed by atoms with Crippen LogP contribution in [0.2, 0.25) is 0 Å². The first-order valence-electron chi connectivity index (χ1n) is 9.39. The molecule has 0 bridgehead atoms. The first-order chi connectivity index (χ1) is 12.6. The molecule has 0 aliphatic heterocycles. The number of aryl methyl sites for hydroxylation is 2. The number of halogens is 2. The van der Waals surface area contributed by atoms with E-state index in [9.17, 15) is 8.78 Å². The molecule has 1 aliphatic carbocycles. The predicted molar refractivity (Wildman–Crippen MR) is 97.4 cm³/mol. The molecule has 0 atom stereocenters. The topological polar surface area (TPSA) is 51.0 Å². The molecule has 1 aromatic heterocycles. The van der Waals surface area contributed by atoms with Gasteiger partial charge in [0.2, 0.25) is 11.7 Å². The van der Waals surface area contributed by atoms with Crippen LogP contribution < -0.4 is 5.32 Å². The van der Waals surface area contributed by atoms with Gasteiger partial charge >= 0.3 is 0 Å². The lowest BCUT2D eigenvalue weighted by Crippen LogP contribution is -2.51. The van der Waals surface area contributed by atoms with E-state index in [2.05, 4.69) is 15.5 Å². The van der Waals surface area contributed by atoms with E-state index in [1.54, 1.807) is 0 Å². The molecule has 0 spiro atoms. The molecule has 26 heavy (non-hydrogen) atoms. The van der Waals surface area contributed by atoms with Crippen molar-refractivity contribution in [2.75, 3.05) is 19.9 Å². The van der Waals surface area contributed by atoms with Crippen LogP contribution in [0.25, 0.3) is 11.4 Å². The molecule has 1 saturated carbocycles. The van der Waals surface area contributed by atoms with Gasteiger partial charge in [0, 0.05) is 23.4 Å². The Morgan fingerprint density at radius 1 is 1.12 bits per heavy atom. The maximum absolute atomic E-state index is 12.8. The summed E-state index contributed by atoms with van der Waals surface area (Å²) in [4.78, 5) is 4.45. The smallest absolute Gasteiger partial charge is 0.226 e. The van der Waals surface area contributed by atoms with E-state index < -0.39 is 18.8 Å². The Hall–Kier alpha value is -1.82. The zero-order valence-electron chi connectivity index (χ0n) is 15.3. The van der Waals surface area contributed by atoms with E-state index in [-0.39, 0.29) is 6.04 Å². The van der Waals surface area contributed by atoms with Crippen LogP contribution in [0.1, 0.15) is 43.6 Å². The van der Waals surface area contributed by atoms with Crippen LogP contribution >= 0.6 is 0 Å². The van der Waals surface area contributed by atoms with Crippen LogP contribution in [-0.4, -0.2) is 36.1 Å². The van der Waals surface area contributed by atoms with Gasteiger partial charge in [0.15, 0.2) is 0 Å². The maximum atomic E-state index is 12.8. The zero-order chi connectivity index (χ0) is 18.4. The van der Waals surface area contributed by atoms with Gasteiger partial charge in [0.25, 0.3) is 0 Å². The van der Waals surface area contributed by atoms with Crippen molar-refractivity contribution in [1.82, 2.24) is 15.5 Å². The van der Waals surface area contributed by atoms with Gasteiger partial charge in [0.1, 0.15) is 0 Å². The van der Waals surface area contributed by atoms with E-state index in [1.807, 2.05) is 31.2 Å². The van der Waals surface area contributed by atoms with E-state index in [0.717, 1.165) is 37.8 Å². The number of hydrogen-bond donors (Lipinski definition) is 1. The quantitative estimate of drug-likeness (QED) is 0.634. The van der Waals surface area contributed by atoms with Gasteiger partial charge in [-0.05, 0) is 39.2 Å². The number of nitrogens with zero attached hydrogens (tertiary/aromatic N) is 2. The fourth-order valence-electron chi connectivity index (χ4n) is 3.44. The average Bonchev–Trinajstić information content (AvgIpc) is 3.09. The van der Waals surface area contributed by atoms with E-state index in [1.165, 1.54) is 5.56 Å². The Kier molecular flexibility index (Phi) is 6.35. The number of aromatic nitrogens is 2. The second-order valence-electron chi connectivity index (χ2n) is 7.51. The number of benzene rings is 1. The minimum absolute atomic E-state index is 0.273. The molecular weight excluding hydrogens is 336 g/mol. The molecule has 1 N–H and O–H groups in total. The number of hydrogen-bond acceptors (Lipinski definition) is 4. The molecule has 0 unspecified atom stereocenters. The highest BCUT2D eigenvalue weighted by molar-refractivity contribution is 5.54. The molecular formula is C20H27F2N3O. The van der Waals surface area contributed by atoms with Crippen LogP contribution in [0, 0.1) is 12.3 Å². The Morgan fingerprint density at radius 2 is 1.85 bits per heavy atom. The van der Waals surface area contributed by atoms with Gasteiger partial charge in [-0.25, -0.2) is 0 Å². The van der Waals surface area contributed by atoms with Gasteiger partial charge in [0.05, 0.1) is 13.3 Å². The molecule has 3 rings (SSSR count). The summed E-state index contributed by atoms with van der Waals surface area (Å²) in [6, 6.07) is 8.33. The highest BCUT2D eigenvalue weighted by Crippen LogP contribution is 2.41. The molecule has 0 saturated heterocycles. The minimum Gasteiger partial charge on any atom is -0.339 e. The lowest BCUT2D eigenvalue weighted by Gasteiger charge is -2.44. The van der Waals surface area contributed by atoms with Crippen molar-refractivity contribution < 1.29 is 13.3 Å². The maximum Gasteiger partial charge on any atom is 0.226 e. The first kappa shape index (κ1) is 19.0. The van der Waals surface area contributed by atoms with E-state index >= 15 is 0 Å². The van der Waals surface area contributed by atoms with Gasteiger partial charge in [-0.2, -0.15) is 4.98 Å². The summed E-state index contributed by atoms with van der Waals surface area (Å²) in [6.07, 6.45) is 5.08. The lowest BCUT2D eigenvalue weighted by atomic mass is 9.67. The standard InChI is InChI=1S/C20H27F2N3O/c1-15-6-8-16(9-7-15)19-24-18(26-25-19)5-3-2-4-10-23-17-11-20(12-17,13-21)14-22/h6-9,17,23H,2-5,10-14H2,1H3. The van der Waals surface area contributed by atoms with Crippen LogP contribution in [-0.2, 0) is 6.42 Å². The Morgan fingerprint density at radius 3 is 2.54 bits per heavy atom. The van der Waals surface area contributed by atoms with Crippen LogP contribution in [0.3, 0.4) is 0 Å². The van der Waals surface area contributed by atoms with E-state index in [4.69, 9.17) is 4.52 Å². The zero-order valence-corrected chi connectivity index (χ0v) is 15.3. The van der Waals surface area contributed by atoms with Crippen molar-refractivity contribution in [3.05, 3.63) is 35.7 Å². The van der Waals surface area contributed by atoms with Crippen molar-refractivity contribution in [2.24, 2.45) is 5.41 Å². The molecule has 1 fully saturated rings.